The molecule has 3 aromatic rings. The van der Waals surface area contributed by atoms with Gasteiger partial charge in [-0.2, -0.15) is 0 Å². The minimum absolute atomic E-state index is 0.159. The van der Waals surface area contributed by atoms with E-state index in [1.54, 1.807) is 59.5 Å². The highest BCUT2D eigenvalue weighted by molar-refractivity contribution is 7.57. The van der Waals surface area contributed by atoms with Crippen molar-refractivity contribution in [3.05, 3.63) is 81.9 Å². The molecule has 0 saturated carbocycles. The van der Waals surface area contributed by atoms with Gasteiger partial charge in [-0.15, -0.1) is 0 Å². The molecule has 1 aliphatic heterocycles. The Morgan fingerprint density at radius 3 is 2.59 bits per heavy atom. The van der Waals surface area contributed by atoms with Crippen molar-refractivity contribution in [2.75, 3.05) is 30.6 Å². The number of nitrogen functional groups attached to an aromatic ring is 1. The maximum atomic E-state index is 12.6. The number of carbonyl (C=O) groups is 1. The van der Waals surface area contributed by atoms with E-state index in [1.807, 2.05) is 0 Å². The van der Waals surface area contributed by atoms with Gasteiger partial charge in [0.05, 0.1) is 16.6 Å². The summed E-state index contributed by atoms with van der Waals surface area (Å²) in [6.07, 6.45) is 1.68. The molecule has 0 radical (unpaired) electrons. The number of para-hydroxylation sites is 2. The molecule has 0 spiro atoms. The largest absolute Gasteiger partial charge is 0.434 e. The van der Waals surface area contributed by atoms with Crippen LogP contribution in [0.1, 0.15) is 16.8 Å². The summed E-state index contributed by atoms with van der Waals surface area (Å²) in [4.78, 5) is 40.9. The van der Waals surface area contributed by atoms with E-state index in [2.05, 4.69) is 4.98 Å². The minimum atomic E-state index is -4.17. The molecule has 10 nitrogen and oxygen atoms in total. The van der Waals surface area contributed by atoms with Crippen LogP contribution in [0.15, 0.2) is 70.8 Å². The van der Waals surface area contributed by atoms with Crippen molar-refractivity contribution < 1.29 is 23.5 Å². The highest BCUT2D eigenvalue weighted by Gasteiger charge is 2.30. The lowest BCUT2D eigenvalue weighted by Crippen LogP contribution is -2.38. The van der Waals surface area contributed by atoms with Crippen molar-refractivity contribution in [3.8, 4) is 0 Å². The van der Waals surface area contributed by atoms with Gasteiger partial charge in [-0.3, -0.25) is 13.9 Å². The van der Waals surface area contributed by atoms with E-state index in [9.17, 15) is 19.0 Å². The van der Waals surface area contributed by atoms with E-state index >= 15 is 0 Å². The zero-order chi connectivity index (χ0) is 22.7. The van der Waals surface area contributed by atoms with Crippen molar-refractivity contribution in [2.24, 2.45) is 0 Å². The van der Waals surface area contributed by atoms with Gasteiger partial charge in [0.25, 0.3) is 0 Å². The molecular formula is C21H21N4O6P. The fraction of sp³-hybridized carbons (Fsp3) is 0.190. The molecule has 0 bridgehead atoms. The highest BCUT2D eigenvalue weighted by atomic mass is 31.2. The number of esters is 1. The molecule has 1 atom stereocenters. The van der Waals surface area contributed by atoms with Gasteiger partial charge in [-0.1, -0.05) is 36.4 Å². The van der Waals surface area contributed by atoms with Gasteiger partial charge >= 0.3 is 19.1 Å². The zero-order valence-corrected chi connectivity index (χ0v) is 17.9. The third kappa shape index (κ3) is 4.43. The second-order valence-electron chi connectivity index (χ2n) is 7.06. The van der Waals surface area contributed by atoms with E-state index in [-0.39, 0.29) is 30.6 Å². The van der Waals surface area contributed by atoms with Crippen LogP contribution in [0.3, 0.4) is 0 Å². The summed E-state index contributed by atoms with van der Waals surface area (Å²) in [6, 6.07) is 15.2. The lowest BCUT2D eigenvalue weighted by molar-refractivity contribution is 0.0131. The summed E-state index contributed by atoms with van der Waals surface area (Å²) in [6.45, 7) is -0.218. The summed E-state index contributed by atoms with van der Waals surface area (Å²) in [5.74, 6) is 5.42. The maximum absolute atomic E-state index is 12.6. The van der Waals surface area contributed by atoms with Crippen LogP contribution in [0.5, 0.6) is 0 Å². The topological polar surface area (TPSA) is 137 Å². The number of anilines is 1. The van der Waals surface area contributed by atoms with Crippen LogP contribution in [0, 0.1) is 0 Å². The number of ether oxygens (including phenoxy) is 1. The Bertz CT molecular complexity index is 1290. The molecule has 1 aromatic heterocycles. The maximum Gasteiger partial charge on any atom is 0.357 e. The van der Waals surface area contributed by atoms with Crippen LogP contribution in [-0.4, -0.2) is 40.4 Å². The number of benzene rings is 2. The van der Waals surface area contributed by atoms with E-state index in [0.29, 0.717) is 16.6 Å². The summed E-state index contributed by atoms with van der Waals surface area (Å²) in [5, 5.41) is 0.179. The number of carbonyl (C=O) groups excluding carboxylic acids is 1. The number of nitrogens with two attached hydrogens (primary N) is 1. The molecule has 1 unspecified atom stereocenters. The van der Waals surface area contributed by atoms with Crippen LogP contribution in [0.25, 0.3) is 11.0 Å². The average molecular weight is 456 g/mol. The summed E-state index contributed by atoms with van der Waals surface area (Å²) >= 11 is 0. The first kappa shape index (κ1) is 21.8. The fourth-order valence-electron chi connectivity index (χ4n) is 3.35. The molecular weight excluding hydrogens is 435 g/mol. The smallest absolute Gasteiger partial charge is 0.357 e. The second kappa shape index (κ2) is 8.96. The van der Waals surface area contributed by atoms with Crippen LogP contribution >= 0.6 is 7.60 Å². The lowest BCUT2D eigenvalue weighted by Gasteiger charge is -2.28. The first-order valence-corrected chi connectivity index (χ1v) is 11.4. The normalized spacial score (nSPS) is 15.8. The predicted octanol–water partition coefficient (Wildman–Crippen LogP) is 2.22. The fourth-order valence-corrected chi connectivity index (χ4v) is 4.40. The van der Waals surface area contributed by atoms with Gasteiger partial charge in [0.15, 0.2) is 5.82 Å². The predicted molar refractivity (Wildman–Crippen MR) is 119 cm³/mol. The monoisotopic (exact) mass is 456 g/mol. The highest BCUT2D eigenvalue weighted by Crippen LogP contribution is 2.53. The third-order valence-electron chi connectivity index (χ3n) is 5.05. The van der Waals surface area contributed by atoms with Crippen molar-refractivity contribution >= 4 is 30.4 Å². The Kier molecular flexibility index (Phi) is 6.09. The molecule has 32 heavy (non-hydrogen) atoms. The summed E-state index contributed by atoms with van der Waals surface area (Å²) < 4.78 is 23.5. The van der Waals surface area contributed by atoms with Crippen LogP contribution in [0.4, 0.5) is 5.82 Å². The molecule has 166 valence electrons. The number of rotatable bonds is 6. The SMILES string of the molecule is Nn1c(=O)c(N2CC=C(P(=O)(O)OCOC(=O)c3ccccc3)CC2)nc2ccccc21. The quantitative estimate of drug-likeness (QED) is 0.248. The molecule has 2 heterocycles. The Balaban J connectivity index is 1.42. The Morgan fingerprint density at radius 2 is 1.88 bits per heavy atom. The molecule has 3 N–H and O–H groups in total. The van der Waals surface area contributed by atoms with Crippen molar-refractivity contribution in [2.45, 2.75) is 6.42 Å². The molecule has 2 aromatic carbocycles. The van der Waals surface area contributed by atoms with E-state index in [4.69, 9.17) is 15.1 Å². The van der Waals surface area contributed by atoms with E-state index in [0.717, 1.165) is 4.68 Å². The Hall–Kier alpha value is -3.46. The first-order valence-electron chi connectivity index (χ1n) is 9.78. The molecule has 0 amide bonds. The molecule has 11 heteroatoms. The van der Waals surface area contributed by atoms with Gasteiger partial charge in [-0.05, 0) is 30.7 Å². The molecule has 0 fully saturated rings. The summed E-state index contributed by atoms with van der Waals surface area (Å²) in [5.41, 5.74) is 0.921. The summed E-state index contributed by atoms with van der Waals surface area (Å²) in [7, 11) is -4.17. The zero-order valence-electron chi connectivity index (χ0n) is 17.0. The molecule has 0 aliphatic carbocycles. The standard InChI is InChI=1S/C21H21N4O6P/c22-25-18-9-5-4-8-17(18)23-19(20(25)26)24-12-10-16(11-13-24)32(28,29)31-14-30-21(27)15-6-2-1-3-7-15/h1-10H,11-14,22H2,(H,28,29). The lowest BCUT2D eigenvalue weighted by atomic mass is 10.2. The Labute approximate surface area is 183 Å². The first-order chi connectivity index (χ1) is 15.4. The number of fused-ring (bicyclic) bond motifs is 1. The third-order valence-corrected chi connectivity index (χ3v) is 6.64. The van der Waals surface area contributed by atoms with E-state index in [1.165, 1.54) is 6.08 Å². The van der Waals surface area contributed by atoms with Crippen LogP contribution in [0.2, 0.25) is 0 Å². The van der Waals surface area contributed by atoms with Gasteiger partial charge in [0, 0.05) is 18.4 Å². The van der Waals surface area contributed by atoms with Gasteiger partial charge in [0.1, 0.15) is 0 Å². The van der Waals surface area contributed by atoms with Crippen molar-refractivity contribution in [1.29, 1.82) is 0 Å². The van der Waals surface area contributed by atoms with E-state index < -0.39 is 25.9 Å². The Morgan fingerprint density at radius 1 is 1.16 bits per heavy atom. The number of nitrogens with zero attached hydrogens (tertiary/aromatic N) is 3. The minimum Gasteiger partial charge on any atom is -0.434 e. The number of aromatic nitrogens is 2. The van der Waals surface area contributed by atoms with Gasteiger partial charge < -0.3 is 20.4 Å². The van der Waals surface area contributed by atoms with Crippen molar-refractivity contribution in [1.82, 2.24) is 9.66 Å². The van der Waals surface area contributed by atoms with Gasteiger partial charge in [-0.25, -0.2) is 14.5 Å². The molecule has 4 rings (SSSR count). The van der Waals surface area contributed by atoms with Crippen LogP contribution in [-0.2, 0) is 13.8 Å². The average Bonchev–Trinajstić information content (AvgIpc) is 2.82. The number of hydrogen-bond donors (Lipinski definition) is 2. The molecule has 1 aliphatic rings. The van der Waals surface area contributed by atoms with Crippen molar-refractivity contribution in [3.63, 3.8) is 0 Å². The van der Waals surface area contributed by atoms with Crippen LogP contribution < -0.4 is 16.3 Å². The molecule has 0 saturated heterocycles. The number of hydrogen-bond acceptors (Lipinski definition) is 8. The second-order valence-corrected chi connectivity index (χ2v) is 8.93. The van der Waals surface area contributed by atoms with Gasteiger partial charge in [0.2, 0.25) is 6.79 Å².